The molecular weight excluding hydrogens is 466 g/mol. The van der Waals surface area contributed by atoms with Gasteiger partial charge in [-0.25, -0.2) is 13.4 Å². The third-order valence-corrected chi connectivity index (χ3v) is 8.04. The molecule has 3 heterocycles. The minimum Gasteiger partial charge on any atom is -0.487 e. The van der Waals surface area contributed by atoms with E-state index >= 15 is 0 Å². The van der Waals surface area contributed by atoms with Crippen LogP contribution in [0.4, 0.5) is 0 Å². The molecule has 1 saturated heterocycles. The lowest BCUT2D eigenvalue weighted by atomic mass is 10.0. The Morgan fingerprint density at radius 1 is 1.03 bits per heavy atom. The highest BCUT2D eigenvalue weighted by Gasteiger charge is 2.27. The lowest BCUT2D eigenvalue weighted by Gasteiger charge is -2.15. The Morgan fingerprint density at radius 3 is 2.43 bits per heavy atom. The fraction of sp³-hybridized carbons (Fsp3) is 0.231. The predicted octanol–water partition coefficient (Wildman–Crippen LogP) is 4.22. The summed E-state index contributed by atoms with van der Waals surface area (Å²) >= 11 is 0. The van der Waals surface area contributed by atoms with E-state index < -0.39 is 16.0 Å². The Morgan fingerprint density at radius 2 is 1.74 bits per heavy atom. The molecule has 9 heteroatoms. The van der Waals surface area contributed by atoms with Crippen LogP contribution in [0.25, 0.3) is 22.2 Å². The number of carbonyl (C=O) groups is 1. The van der Waals surface area contributed by atoms with Crippen molar-refractivity contribution in [3.05, 3.63) is 78.1 Å². The zero-order chi connectivity index (χ0) is 24.4. The second-order valence-corrected chi connectivity index (χ2v) is 10.5. The quantitative estimate of drug-likeness (QED) is 0.382. The van der Waals surface area contributed by atoms with Gasteiger partial charge < -0.3 is 14.8 Å². The van der Waals surface area contributed by atoms with Gasteiger partial charge in [-0.1, -0.05) is 24.3 Å². The molecule has 2 N–H and O–H groups in total. The maximum absolute atomic E-state index is 12.8. The van der Waals surface area contributed by atoms with Crippen LogP contribution in [-0.4, -0.2) is 46.9 Å². The monoisotopic (exact) mass is 491 g/mol. The number of hydrogen-bond acceptors (Lipinski definition) is 5. The number of sulfonamides is 1. The van der Waals surface area contributed by atoms with E-state index in [0.717, 1.165) is 35.0 Å². The number of aromatic amines is 1. The van der Waals surface area contributed by atoms with Crippen molar-refractivity contribution < 1.29 is 23.1 Å². The molecule has 0 unspecified atom stereocenters. The van der Waals surface area contributed by atoms with E-state index in [1.807, 2.05) is 24.3 Å². The minimum atomic E-state index is -3.45. The number of carboxylic acids is 1. The summed E-state index contributed by atoms with van der Waals surface area (Å²) in [7, 11) is -3.45. The van der Waals surface area contributed by atoms with E-state index in [0.29, 0.717) is 41.6 Å². The topological polar surface area (TPSA) is 113 Å². The molecular formula is C26H25N3O5S. The average Bonchev–Trinajstić information content (AvgIpc) is 3.54. The zero-order valence-corrected chi connectivity index (χ0v) is 19.8. The van der Waals surface area contributed by atoms with Gasteiger partial charge in [0.15, 0.2) is 0 Å². The summed E-state index contributed by atoms with van der Waals surface area (Å²) in [5.74, 6) is -0.233. The Labute approximate surface area is 203 Å². The maximum atomic E-state index is 12.8. The van der Waals surface area contributed by atoms with Gasteiger partial charge in [0, 0.05) is 24.7 Å². The molecule has 4 aromatic rings. The number of aromatic nitrogens is 2. The number of ether oxygens (including phenoxy) is 1. The zero-order valence-electron chi connectivity index (χ0n) is 19.0. The number of aliphatic carboxylic acids is 1. The number of H-pyrrole nitrogens is 1. The summed E-state index contributed by atoms with van der Waals surface area (Å²) in [6.07, 6.45) is 3.50. The second kappa shape index (κ2) is 9.52. The van der Waals surface area contributed by atoms with Crippen LogP contribution in [-0.2, 0) is 27.8 Å². The van der Waals surface area contributed by atoms with Gasteiger partial charge in [0.1, 0.15) is 18.0 Å². The Hall–Kier alpha value is -3.69. The van der Waals surface area contributed by atoms with Gasteiger partial charge in [-0.05, 0) is 65.9 Å². The van der Waals surface area contributed by atoms with E-state index in [1.165, 1.54) is 0 Å². The van der Waals surface area contributed by atoms with Gasteiger partial charge >= 0.3 is 5.97 Å². The molecule has 2 aromatic heterocycles. The Kier molecular flexibility index (Phi) is 6.27. The minimum absolute atomic E-state index is 0.0259. The van der Waals surface area contributed by atoms with E-state index in [-0.39, 0.29) is 6.42 Å². The number of hydrogen-bond donors (Lipinski definition) is 2. The first-order valence-corrected chi connectivity index (χ1v) is 12.8. The summed E-state index contributed by atoms with van der Waals surface area (Å²) in [5, 5.41) is 9.80. The van der Waals surface area contributed by atoms with E-state index in [2.05, 4.69) is 9.97 Å². The number of pyridine rings is 1. The van der Waals surface area contributed by atoms with Crippen LogP contribution in [0.3, 0.4) is 0 Å². The molecule has 5 rings (SSSR count). The second-order valence-electron chi connectivity index (χ2n) is 8.55. The normalized spacial score (nSPS) is 14.4. The Balaban J connectivity index is 1.34. The van der Waals surface area contributed by atoms with Crippen LogP contribution in [0.1, 0.15) is 24.1 Å². The van der Waals surface area contributed by atoms with Gasteiger partial charge in [0.25, 0.3) is 0 Å². The summed E-state index contributed by atoms with van der Waals surface area (Å²) in [5.41, 5.74) is 4.11. The van der Waals surface area contributed by atoms with Crippen LogP contribution >= 0.6 is 0 Å². The molecule has 0 radical (unpaired) electrons. The summed E-state index contributed by atoms with van der Waals surface area (Å²) in [4.78, 5) is 18.8. The number of carboxylic acid groups (broad SMARTS) is 1. The highest BCUT2D eigenvalue weighted by atomic mass is 32.2. The van der Waals surface area contributed by atoms with Crippen LogP contribution in [0, 0.1) is 0 Å². The molecule has 0 atom stereocenters. The van der Waals surface area contributed by atoms with Crippen molar-refractivity contribution in [3.8, 4) is 16.9 Å². The van der Waals surface area contributed by atoms with Crippen molar-refractivity contribution in [3.63, 3.8) is 0 Å². The molecule has 35 heavy (non-hydrogen) atoms. The van der Waals surface area contributed by atoms with Crippen LogP contribution in [0.5, 0.6) is 5.75 Å². The fourth-order valence-electron chi connectivity index (χ4n) is 4.33. The van der Waals surface area contributed by atoms with Gasteiger partial charge in [-0.2, -0.15) is 4.31 Å². The maximum Gasteiger partial charge on any atom is 0.307 e. The highest BCUT2D eigenvalue weighted by molar-refractivity contribution is 7.89. The highest BCUT2D eigenvalue weighted by Crippen LogP contribution is 2.30. The lowest BCUT2D eigenvalue weighted by molar-refractivity contribution is -0.136. The number of nitrogens with zero attached hydrogens (tertiary/aromatic N) is 2. The van der Waals surface area contributed by atoms with Gasteiger partial charge in [0.2, 0.25) is 10.0 Å². The molecule has 2 aromatic carbocycles. The van der Waals surface area contributed by atoms with Crippen LogP contribution in [0.15, 0.2) is 71.8 Å². The third kappa shape index (κ3) is 4.91. The summed E-state index contributed by atoms with van der Waals surface area (Å²) in [6.45, 7) is 1.45. The molecule has 1 aliphatic heterocycles. The molecule has 0 amide bonds. The number of rotatable bonds is 8. The summed E-state index contributed by atoms with van der Waals surface area (Å²) < 4.78 is 33.0. The number of nitrogens with one attached hydrogen (secondary N) is 1. The number of fused-ring (bicyclic) bond motifs is 1. The van der Waals surface area contributed by atoms with Crippen molar-refractivity contribution in [1.29, 1.82) is 0 Å². The van der Waals surface area contributed by atoms with E-state index in [9.17, 15) is 13.2 Å². The molecule has 1 aliphatic rings. The standard InChI is InChI=1S/C26H25N3O5S/c30-25(31)15-18-3-7-21(8-4-18)34-17-20-16-24-23(11-12-27-26(24)28-20)19-5-9-22(10-6-19)35(32,33)29-13-1-2-14-29/h3-12,16H,1-2,13-15,17H2,(H,27,28)(H,30,31). The smallest absolute Gasteiger partial charge is 0.307 e. The molecule has 0 spiro atoms. The molecule has 0 saturated carbocycles. The van der Waals surface area contributed by atoms with Crippen molar-refractivity contribution >= 4 is 27.0 Å². The number of benzene rings is 2. The van der Waals surface area contributed by atoms with Crippen LogP contribution in [0.2, 0.25) is 0 Å². The van der Waals surface area contributed by atoms with Crippen molar-refractivity contribution in [2.24, 2.45) is 0 Å². The molecule has 0 aliphatic carbocycles. The first kappa shape index (κ1) is 23.1. The predicted molar refractivity (Wildman–Crippen MR) is 132 cm³/mol. The van der Waals surface area contributed by atoms with Gasteiger partial charge in [0.05, 0.1) is 17.0 Å². The van der Waals surface area contributed by atoms with Gasteiger partial charge in [-0.15, -0.1) is 0 Å². The SMILES string of the molecule is O=C(O)Cc1ccc(OCc2cc3c(-c4ccc(S(=O)(=O)N5CCCC5)cc4)ccnc3[nH]2)cc1. The Bertz CT molecular complexity index is 1460. The molecule has 8 nitrogen and oxygen atoms in total. The first-order chi connectivity index (χ1) is 16.9. The first-order valence-electron chi connectivity index (χ1n) is 11.4. The van der Waals surface area contributed by atoms with Crippen molar-refractivity contribution in [1.82, 2.24) is 14.3 Å². The van der Waals surface area contributed by atoms with Crippen molar-refractivity contribution in [2.45, 2.75) is 30.8 Å². The molecule has 1 fully saturated rings. The largest absolute Gasteiger partial charge is 0.487 e. The van der Waals surface area contributed by atoms with E-state index in [1.54, 1.807) is 46.9 Å². The molecule has 0 bridgehead atoms. The van der Waals surface area contributed by atoms with Crippen molar-refractivity contribution in [2.75, 3.05) is 13.1 Å². The fourth-order valence-corrected chi connectivity index (χ4v) is 5.85. The third-order valence-electron chi connectivity index (χ3n) is 6.13. The molecule has 180 valence electrons. The van der Waals surface area contributed by atoms with Gasteiger partial charge in [-0.3, -0.25) is 4.79 Å². The van der Waals surface area contributed by atoms with E-state index in [4.69, 9.17) is 9.84 Å². The lowest BCUT2D eigenvalue weighted by Crippen LogP contribution is -2.27. The van der Waals surface area contributed by atoms with Crippen LogP contribution < -0.4 is 4.74 Å². The average molecular weight is 492 g/mol. The summed E-state index contributed by atoms with van der Waals surface area (Å²) in [6, 6.07) is 17.9.